The molecule has 1 aromatic heterocycles. The Morgan fingerprint density at radius 3 is 2.50 bits per heavy atom. The number of nitrogens with zero attached hydrogens (tertiary/aromatic N) is 1. The lowest BCUT2D eigenvalue weighted by molar-refractivity contribution is -0.118. The van der Waals surface area contributed by atoms with E-state index in [1.165, 1.54) is 0 Å². The van der Waals surface area contributed by atoms with Crippen molar-refractivity contribution in [3.05, 3.63) is 70.6 Å². The number of ketones is 1. The number of aromatic nitrogens is 1. The first-order valence-corrected chi connectivity index (χ1v) is 8.91. The number of hydrogen-bond acceptors (Lipinski definition) is 4. The molecular formula is C22H22N2O2. The fourth-order valence-corrected chi connectivity index (χ4v) is 4.53. The molecule has 1 aliphatic heterocycles. The third-order valence-electron chi connectivity index (χ3n) is 5.61. The summed E-state index contributed by atoms with van der Waals surface area (Å²) in [6.07, 6.45) is 3.78. The normalized spacial score (nSPS) is 23.7. The molecule has 4 rings (SSSR count). The highest BCUT2D eigenvalue weighted by molar-refractivity contribution is 6.03. The van der Waals surface area contributed by atoms with Gasteiger partial charge >= 0.3 is 0 Å². The Balaban J connectivity index is 2.07. The zero-order chi connectivity index (χ0) is 18.5. The summed E-state index contributed by atoms with van der Waals surface area (Å²) in [6.45, 7) is 6.27. The number of allylic oxidation sites excluding steroid dienone is 2. The van der Waals surface area contributed by atoms with Crippen LogP contribution in [-0.2, 0) is 10.2 Å². The molecule has 0 saturated carbocycles. The van der Waals surface area contributed by atoms with Crippen molar-refractivity contribution < 1.29 is 9.59 Å². The first kappa shape index (κ1) is 16.7. The molecule has 0 amide bonds. The number of carbonyl (C=O) groups is 2. The van der Waals surface area contributed by atoms with Gasteiger partial charge in [-0.05, 0) is 30.4 Å². The summed E-state index contributed by atoms with van der Waals surface area (Å²) in [5.41, 5.74) is 3.26. The highest BCUT2D eigenvalue weighted by atomic mass is 16.1. The molecule has 1 aromatic carbocycles. The van der Waals surface area contributed by atoms with Crippen LogP contribution >= 0.6 is 0 Å². The molecule has 4 heteroatoms. The number of Topliss-reactive ketones (excluding diaryl/α,β-unsaturated/α-hetero) is 1. The van der Waals surface area contributed by atoms with Gasteiger partial charge in [0, 0.05) is 35.0 Å². The monoisotopic (exact) mass is 346 g/mol. The maximum Gasteiger partial charge on any atom is 0.162 e. The van der Waals surface area contributed by atoms with E-state index in [1.807, 2.05) is 37.3 Å². The first-order valence-electron chi connectivity index (χ1n) is 8.91. The molecule has 1 aliphatic carbocycles. The van der Waals surface area contributed by atoms with Gasteiger partial charge in [-0.15, -0.1) is 0 Å². The van der Waals surface area contributed by atoms with Crippen molar-refractivity contribution in [2.45, 2.75) is 39.0 Å². The van der Waals surface area contributed by atoms with Crippen LogP contribution in [0.5, 0.6) is 0 Å². The van der Waals surface area contributed by atoms with Gasteiger partial charge in [0.1, 0.15) is 5.82 Å². The minimum Gasteiger partial charge on any atom is -0.343 e. The highest BCUT2D eigenvalue weighted by Crippen LogP contribution is 2.52. The Labute approximate surface area is 153 Å². The second-order valence-corrected chi connectivity index (χ2v) is 8.15. The van der Waals surface area contributed by atoms with Crippen LogP contribution in [0.25, 0.3) is 0 Å². The third kappa shape index (κ3) is 2.32. The summed E-state index contributed by atoms with van der Waals surface area (Å²) in [5, 5.41) is 3.37. The van der Waals surface area contributed by atoms with Gasteiger partial charge < -0.3 is 5.32 Å². The van der Waals surface area contributed by atoms with E-state index in [0.29, 0.717) is 17.8 Å². The van der Waals surface area contributed by atoms with Gasteiger partial charge in [0.05, 0.1) is 5.41 Å². The zero-order valence-corrected chi connectivity index (χ0v) is 15.3. The van der Waals surface area contributed by atoms with Crippen LogP contribution < -0.4 is 5.32 Å². The Kier molecular flexibility index (Phi) is 3.62. The number of nitrogens with one attached hydrogen (secondary N) is 1. The van der Waals surface area contributed by atoms with E-state index in [4.69, 9.17) is 0 Å². The molecule has 1 N–H and O–H groups in total. The predicted octanol–water partition coefficient (Wildman–Crippen LogP) is 4.27. The van der Waals surface area contributed by atoms with Crippen molar-refractivity contribution in [2.24, 2.45) is 5.41 Å². The van der Waals surface area contributed by atoms with E-state index in [1.54, 1.807) is 12.3 Å². The van der Waals surface area contributed by atoms with Gasteiger partial charge in [-0.1, -0.05) is 44.2 Å². The fraction of sp³-hybridized carbons (Fsp3) is 0.318. The third-order valence-corrected chi connectivity index (χ3v) is 5.61. The van der Waals surface area contributed by atoms with Crippen LogP contribution in [-0.4, -0.2) is 17.1 Å². The minimum absolute atomic E-state index is 0.0969. The van der Waals surface area contributed by atoms with E-state index >= 15 is 0 Å². The molecular weight excluding hydrogens is 324 g/mol. The minimum atomic E-state index is -0.699. The lowest BCUT2D eigenvalue weighted by atomic mass is 9.61. The molecule has 26 heavy (non-hydrogen) atoms. The highest BCUT2D eigenvalue weighted by Gasteiger charge is 2.48. The number of rotatable bonds is 2. The number of carbonyl (C=O) groups excluding carboxylic acids is 2. The van der Waals surface area contributed by atoms with E-state index in [0.717, 1.165) is 35.1 Å². The average Bonchev–Trinajstić information content (AvgIpc) is 2.60. The molecule has 0 saturated heterocycles. The van der Waals surface area contributed by atoms with Crippen molar-refractivity contribution >= 4 is 17.9 Å². The van der Waals surface area contributed by atoms with Gasteiger partial charge in [0.15, 0.2) is 12.1 Å². The standard InChI is InChI=1S/C22H22N2O2/c1-21(2)11-16-19(17(26)12-21)22(3,15-7-5-4-6-8-15)18-14(13-25)9-10-23-20(18)24-16/h4-10,13H,11-12H2,1-3H3,(H,23,24). The largest absolute Gasteiger partial charge is 0.343 e. The van der Waals surface area contributed by atoms with Gasteiger partial charge in [-0.25, -0.2) is 4.98 Å². The van der Waals surface area contributed by atoms with E-state index < -0.39 is 5.41 Å². The van der Waals surface area contributed by atoms with Crippen LogP contribution in [0.4, 0.5) is 5.82 Å². The van der Waals surface area contributed by atoms with Gasteiger partial charge in [0.25, 0.3) is 0 Å². The van der Waals surface area contributed by atoms with Crippen LogP contribution in [0.1, 0.15) is 55.1 Å². The lowest BCUT2D eigenvalue weighted by Crippen LogP contribution is -2.43. The van der Waals surface area contributed by atoms with Crippen molar-refractivity contribution in [3.8, 4) is 0 Å². The number of benzene rings is 1. The molecule has 1 unspecified atom stereocenters. The first-order chi connectivity index (χ1) is 12.4. The average molecular weight is 346 g/mol. The van der Waals surface area contributed by atoms with E-state index in [2.05, 4.69) is 24.1 Å². The van der Waals surface area contributed by atoms with E-state index in [9.17, 15) is 9.59 Å². The second kappa shape index (κ2) is 5.63. The Morgan fingerprint density at radius 2 is 1.81 bits per heavy atom. The summed E-state index contributed by atoms with van der Waals surface area (Å²) < 4.78 is 0. The van der Waals surface area contributed by atoms with Crippen LogP contribution in [0.2, 0.25) is 0 Å². The van der Waals surface area contributed by atoms with E-state index in [-0.39, 0.29) is 11.2 Å². The molecule has 4 nitrogen and oxygen atoms in total. The summed E-state index contributed by atoms with van der Waals surface area (Å²) >= 11 is 0. The summed E-state index contributed by atoms with van der Waals surface area (Å²) in [5.74, 6) is 0.812. The molecule has 0 bridgehead atoms. The predicted molar refractivity (Wildman–Crippen MR) is 101 cm³/mol. The number of anilines is 1. The number of fused-ring (bicyclic) bond motifs is 1. The number of hydrogen-bond donors (Lipinski definition) is 1. The summed E-state index contributed by atoms with van der Waals surface area (Å²) in [4.78, 5) is 29.5. The molecule has 2 aliphatic rings. The van der Waals surface area contributed by atoms with Gasteiger partial charge in [-0.2, -0.15) is 0 Å². The summed E-state index contributed by atoms with van der Waals surface area (Å²) in [6, 6.07) is 11.7. The second-order valence-electron chi connectivity index (χ2n) is 8.15. The van der Waals surface area contributed by atoms with Crippen molar-refractivity contribution in [2.75, 3.05) is 5.32 Å². The topological polar surface area (TPSA) is 59.1 Å². The molecule has 0 radical (unpaired) electrons. The molecule has 132 valence electrons. The molecule has 1 atom stereocenters. The zero-order valence-electron chi connectivity index (χ0n) is 15.3. The van der Waals surface area contributed by atoms with Gasteiger partial charge in [-0.3, -0.25) is 9.59 Å². The Bertz CT molecular complexity index is 944. The smallest absolute Gasteiger partial charge is 0.162 e. The quantitative estimate of drug-likeness (QED) is 0.825. The maximum atomic E-state index is 13.2. The molecule has 2 aromatic rings. The molecule has 0 spiro atoms. The van der Waals surface area contributed by atoms with Crippen molar-refractivity contribution in [1.82, 2.24) is 4.98 Å². The lowest BCUT2D eigenvalue weighted by Gasteiger charge is -2.45. The van der Waals surface area contributed by atoms with Crippen molar-refractivity contribution in [3.63, 3.8) is 0 Å². The number of pyridine rings is 1. The SMILES string of the molecule is CC1(C)CC(=O)C2=C(C1)Nc1nccc(C=O)c1C2(C)c1ccccc1. The molecule has 0 fully saturated rings. The van der Waals surface area contributed by atoms with Gasteiger partial charge in [0.2, 0.25) is 0 Å². The summed E-state index contributed by atoms with van der Waals surface area (Å²) in [7, 11) is 0. The van der Waals surface area contributed by atoms with Crippen LogP contribution in [0, 0.1) is 5.41 Å². The maximum absolute atomic E-state index is 13.2. The fourth-order valence-electron chi connectivity index (χ4n) is 4.53. The Hall–Kier alpha value is -2.75. The molecule has 2 heterocycles. The van der Waals surface area contributed by atoms with Crippen LogP contribution in [0.3, 0.4) is 0 Å². The Morgan fingerprint density at radius 1 is 1.08 bits per heavy atom. The van der Waals surface area contributed by atoms with Crippen molar-refractivity contribution in [1.29, 1.82) is 0 Å². The number of aldehydes is 1. The van der Waals surface area contributed by atoms with Crippen LogP contribution in [0.15, 0.2) is 53.9 Å².